The van der Waals surface area contributed by atoms with Crippen LogP contribution in [0.4, 0.5) is 11.4 Å². The van der Waals surface area contributed by atoms with Crippen LogP contribution in [0, 0.1) is 0 Å². The lowest BCUT2D eigenvalue weighted by Gasteiger charge is -2.36. The van der Waals surface area contributed by atoms with E-state index in [2.05, 4.69) is 34.2 Å². The number of fused-ring (bicyclic) bond motifs is 1. The van der Waals surface area contributed by atoms with Gasteiger partial charge in [-0.1, -0.05) is 43.3 Å². The minimum absolute atomic E-state index is 0.0235. The Balaban J connectivity index is 1.25. The van der Waals surface area contributed by atoms with Crippen LogP contribution in [0.15, 0.2) is 48.5 Å². The quantitative estimate of drug-likeness (QED) is 0.781. The molecule has 0 atom stereocenters. The number of carbonyl (C=O) groups is 2. The van der Waals surface area contributed by atoms with Crippen molar-refractivity contribution in [2.45, 2.75) is 26.2 Å². The summed E-state index contributed by atoms with van der Waals surface area (Å²) in [6, 6.07) is 16.2. The maximum Gasteiger partial charge on any atom is 0.241 e. The number of hydrogen-bond acceptors (Lipinski definition) is 4. The highest BCUT2D eigenvalue weighted by atomic mass is 16.2. The number of benzene rings is 2. The van der Waals surface area contributed by atoms with E-state index in [1.54, 1.807) is 0 Å². The third-order valence-electron chi connectivity index (χ3n) is 6.27. The van der Waals surface area contributed by atoms with Crippen LogP contribution in [0.3, 0.4) is 0 Å². The summed E-state index contributed by atoms with van der Waals surface area (Å²) in [5.74, 6) is 0.199. The molecule has 0 unspecified atom stereocenters. The summed E-state index contributed by atoms with van der Waals surface area (Å²) in [6.07, 6.45) is 2.96. The molecule has 31 heavy (non-hydrogen) atoms. The first kappa shape index (κ1) is 21.5. The summed E-state index contributed by atoms with van der Waals surface area (Å²) in [6.45, 7) is 6.93. The molecule has 2 aromatic rings. The fourth-order valence-corrected chi connectivity index (χ4v) is 4.52. The summed E-state index contributed by atoms with van der Waals surface area (Å²) < 4.78 is 0. The van der Waals surface area contributed by atoms with Crippen LogP contribution < -0.4 is 10.2 Å². The van der Waals surface area contributed by atoms with E-state index in [9.17, 15) is 9.59 Å². The largest absolute Gasteiger partial charge is 0.325 e. The highest BCUT2D eigenvalue weighted by Gasteiger charge is 2.26. The first-order valence-electron chi connectivity index (χ1n) is 11.3. The molecule has 0 bridgehead atoms. The van der Waals surface area contributed by atoms with Crippen molar-refractivity contribution in [1.82, 2.24) is 9.80 Å². The predicted molar refractivity (Wildman–Crippen MR) is 124 cm³/mol. The van der Waals surface area contributed by atoms with Gasteiger partial charge in [0.05, 0.1) is 13.1 Å². The summed E-state index contributed by atoms with van der Waals surface area (Å²) in [4.78, 5) is 31.8. The Bertz CT molecular complexity index is 921. The lowest BCUT2D eigenvalue weighted by atomic mass is 10.0. The van der Waals surface area contributed by atoms with Gasteiger partial charge in [0.15, 0.2) is 0 Å². The average molecular weight is 421 g/mol. The monoisotopic (exact) mass is 420 g/mol. The minimum Gasteiger partial charge on any atom is -0.325 e. The van der Waals surface area contributed by atoms with E-state index in [4.69, 9.17) is 0 Å². The van der Waals surface area contributed by atoms with Crippen LogP contribution in [0.25, 0.3) is 0 Å². The van der Waals surface area contributed by atoms with Crippen molar-refractivity contribution in [1.29, 1.82) is 0 Å². The second-order valence-corrected chi connectivity index (χ2v) is 8.39. The number of amides is 2. The molecule has 2 aliphatic rings. The Labute approximate surface area is 184 Å². The van der Waals surface area contributed by atoms with Gasteiger partial charge in [-0.25, -0.2) is 0 Å². The van der Waals surface area contributed by atoms with Crippen LogP contribution >= 0.6 is 0 Å². The Morgan fingerprint density at radius 1 is 0.871 bits per heavy atom. The van der Waals surface area contributed by atoms with Crippen molar-refractivity contribution in [2.24, 2.45) is 0 Å². The molecule has 0 saturated carbocycles. The van der Waals surface area contributed by atoms with E-state index in [1.807, 2.05) is 41.3 Å². The lowest BCUT2D eigenvalue weighted by Crippen LogP contribution is -2.52. The molecule has 4 rings (SSSR count). The molecule has 164 valence electrons. The molecular weight excluding hydrogens is 388 g/mol. The fourth-order valence-electron chi connectivity index (χ4n) is 4.52. The Hall–Kier alpha value is -2.70. The average Bonchev–Trinajstić information content (AvgIpc) is 2.80. The SMILES string of the molecule is CCc1ccccc1NC(=O)CN1CCN(CC(=O)N2CCCc3ccccc32)CC1. The molecule has 0 aromatic heterocycles. The summed E-state index contributed by atoms with van der Waals surface area (Å²) in [5, 5.41) is 3.05. The third kappa shape index (κ3) is 5.32. The molecule has 1 N–H and O–H groups in total. The van der Waals surface area contributed by atoms with Crippen molar-refractivity contribution in [3.8, 4) is 0 Å². The van der Waals surface area contributed by atoms with Crippen molar-refractivity contribution >= 4 is 23.2 Å². The van der Waals surface area contributed by atoms with Crippen molar-refractivity contribution < 1.29 is 9.59 Å². The maximum absolute atomic E-state index is 13.0. The van der Waals surface area contributed by atoms with E-state index in [1.165, 1.54) is 5.56 Å². The standard InChI is InChI=1S/C25H32N4O2/c1-2-20-8-3-5-11-22(20)26-24(30)18-27-14-16-28(17-15-27)19-25(31)29-13-7-10-21-9-4-6-12-23(21)29/h3-6,8-9,11-12H,2,7,10,13-19H2,1H3,(H,26,30). The number of carbonyl (C=O) groups excluding carboxylic acids is 2. The zero-order valence-electron chi connectivity index (χ0n) is 18.3. The zero-order valence-corrected chi connectivity index (χ0v) is 18.3. The summed E-state index contributed by atoms with van der Waals surface area (Å²) >= 11 is 0. The molecule has 2 heterocycles. The Morgan fingerprint density at radius 2 is 1.55 bits per heavy atom. The van der Waals surface area contributed by atoms with Crippen molar-refractivity contribution in [2.75, 3.05) is 56.0 Å². The molecule has 0 radical (unpaired) electrons. The number of piperazine rings is 1. The predicted octanol–water partition coefficient (Wildman–Crippen LogP) is 2.78. The van der Waals surface area contributed by atoms with E-state index >= 15 is 0 Å². The number of anilines is 2. The topological polar surface area (TPSA) is 55.9 Å². The summed E-state index contributed by atoms with van der Waals surface area (Å²) in [7, 11) is 0. The highest BCUT2D eigenvalue weighted by molar-refractivity contribution is 5.96. The lowest BCUT2D eigenvalue weighted by molar-refractivity contribution is -0.121. The number of para-hydroxylation sites is 2. The van der Waals surface area contributed by atoms with Gasteiger partial charge >= 0.3 is 0 Å². The van der Waals surface area contributed by atoms with E-state index in [0.29, 0.717) is 13.1 Å². The molecule has 6 nitrogen and oxygen atoms in total. The fraction of sp³-hybridized carbons (Fsp3) is 0.440. The van der Waals surface area contributed by atoms with E-state index in [0.717, 1.165) is 68.9 Å². The molecule has 1 saturated heterocycles. The molecular formula is C25H32N4O2. The zero-order chi connectivity index (χ0) is 21.6. The van der Waals surface area contributed by atoms with Gasteiger partial charge in [-0.15, -0.1) is 0 Å². The molecule has 0 spiro atoms. The third-order valence-corrected chi connectivity index (χ3v) is 6.27. The second kappa shape index (κ2) is 10.1. The van der Waals surface area contributed by atoms with E-state index < -0.39 is 0 Å². The van der Waals surface area contributed by atoms with Crippen LogP contribution in [-0.2, 0) is 22.4 Å². The minimum atomic E-state index is 0.0235. The van der Waals surface area contributed by atoms with Crippen LogP contribution in [0.5, 0.6) is 0 Å². The number of aryl methyl sites for hydroxylation is 2. The first-order chi connectivity index (χ1) is 15.1. The Morgan fingerprint density at radius 3 is 2.32 bits per heavy atom. The highest BCUT2D eigenvalue weighted by Crippen LogP contribution is 2.26. The smallest absolute Gasteiger partial charge is 0.241 e. The molecule has 2 aliphatic heterocycles. The molecule has 0 aliphatic carbocycles. The van der Waals surface area contributed by atoms with Crippen LogP contribution in [0.1, 0.15) is 24.5 Å². The first-order valence-corrected chi connectivity index (χ1v) is 11.3. The second-order valence-electron chi connectivity index (χ2n) is 8.39. The molecule has 1 fully saturated rings. The van der Waals surface area contributed by atoms with Gasteiger partial charge < -0.3 is 10.2 Å². The van der Waals surface area contributed by atoms with Gasteiger partial charge in [0.1, 0.15) is 0 Å². The number of nitrogens with zero attached hydrogens (tertiary/aromatic N) is 3. The number of nitrogens with one attached hydrogen (secondary N) is 1. The Kier molecular flexibility index (Phi) is 6.99. The van der Waals surface area contributed by atoms with Crippen molar-refractivity contribution in [3.05, 3.63) is 59.7 Å². The summed E-state index contributed by atoms with van der Waals surface area (Å²) in [5.41, 5.74) is 4.39. The van der Waals surface area contributed by atoms with Crippen LogP contribution in [0.2, 0.25) is 0 Å². The van der Waals surface area contributed by atoms with Crippen LogP contribution in [-0.4, -0.2) is 67.4 Å². The molecule has 6 heteroatoms. The van der Waals surface area contributed by atoms with Gasteiger partial charge in [0, 0.05) is 44.1 Å². The van der Waals surface area contributed by atoms with Gasteiger partial charge in [-0.2, -0.15) is 0 Å². The number of rotatable bonds is 6. The maximum atomic E-state index is 13.0. The van der Waals surface area contributed by atoms with Gasteiger partial charge in [0.2, 0.25) is 11.8 Å². The molecule has 2 amide bonds. The number of hydrogen-bond donors (Lipinski definition) is 1. The molecule has 2 aromatic carbocycles. The van der Waals surface area contributed by atoms with Gasteiger partial charge in [-0.3, -0.25) is 19.4 Å². The normalized spacial score (nSPS) is 17.3. The van der Waals surface area contributed by atoms with Crippen molar-refractivity contribution in [3.63, 3.8) is 0 Å². The van der Waals surface area contributed by atoms with Gasteiger partial charge in [0.25, 0.3) is 0 Å². The van der Waals surface area contributed by atoms with Gasteiger partial charge in [-0.05, 0) is 42.5 Å². The van der Waals surface area contributed by atoms with E-state index in [-0.39, 0.29) is 11.8 Å².